The van der Waals surface area contributed by atoms with Crippen molar-refractivity contribution in [3.05, 3.63) is 41.5 Å². The van der Waals surface area contributed by atoms with Gasteiger partial charge in [0.2, 0.25) is 0 Å². The molecule has 0 spiro atoms. The number of benzene rings is 1. The highest BCUT2D eigenvalue weighted by Gasteiger charge is 2.12. The van der Waals surface area contributed by atoms with E-state index in [1.54, 1.807) is 26.1 Å². The lowest BCUT2D eigenvalue weighted by Gasteiger charge is -2.21. The number of ketones is 1. The van der Waals surface area contributed by atoms with Crippen molar-refractivity contribution < 1.29 is 4.79 Å². The lowest BCUT2D eigenvalue weighted by atomic mass is 10.1. The van der Waals surface area contributed by atoms with Gasteiger partial charge >= 0.3 is 0 Å². The van der Waals surface area contributed by atoms with Crippen LogP contribution in [0.2, 0.25) is 0 Å². The molecule has 94 valence electrons. The number of likely N-dealkylation sites (N-methyl/N-ethyl adjacent to an activating group) is 1. The van der Waals surface area contributed by atoms with Gasteiger partial charge in [0.15, 0.2) is 12.1 Å². The number of nitrogens with zero attached hydrogens (tertiary/aromatic N) is 1. The zero-order chi connectivity index (χ0) is 13.1. The fourth-order valence-electron chi connectivity index (χ4n) is 1.74. The molecule has 0 bridgehead atoms. The van der Waals surface area contributed by atoms with Gasteiger partial charge in [-0.25, -0.2) is 4.99 Å². The summed E-state index contributed by atoms with van der Waals surface area (Å²) in [5.74, 6) is 0.785. The highest BCUT2D eigenvalue weighted by atomic mass is 16.1. The second-order valence-corrected chi connectivity index (χ2v) is 4.05. The van der Waals surface area contributed by atoms with Crippen LogP contribution in [0.4, 0.5) is 0 Å². The number of aliphatic imine (C=N–C) groups is 1. The van der Waals surface area contributed by atoms with Crippen LogP contribution in [-0.2, 0) is 0 Å². The zero-order valence-corrected chi connectivity index (χ0v) is 10.4. The summed E-state index contributed by atoms with van der Waals surface area (Å²) in [5.41, 5.74) is 8.33. The van der Waals surface area contributed by atoms with Gasteiger partial charge in [0.1, 0.15) is 5.84 Å². The molecule has 1 aliphatic heterocycles. The maximum Gasteiger partial charge on any atom is 0.173 e. The standard InChI is InChI=1S/C13H16N4O/c1-8(18)9-3-5-10(6-4-9)11-7-12(15-2)17-13(14)16-11/h3-7,13,16H,14H2,1-2H3,(H,15,17). The Morgan fingerprint density at radius 1 is 1.39 bits per heavy atom. The Morgan fingerprint density at radius 3 is 2.61 bits per heavy atom. The normalized spacial score (nSPS) is 18.5. The van der Waals surface area contributed by atoms with Crippen molar-refractivity contribution in [3.63, 3.8) is 0 Å². The number of rotatable bonds is 2. The maximum atomic E-state index is 11.2. The predicted octanol–water partition coefficient (Wildman–Crippen LogP) is 0.693. The van der Waals surface area contributed by atoms with E-state index in [1.165, 1.54) is 0 Å². The topological polar surface area (TPSA) is 79.5 Å². The number of hydrogen-bond donors (Lipinski definition) is 3. The van der Waals surface area contributed by atoms with E-state index >= 15 is 0 Å². The van der Waals surface area contributed by atoms with E-state index in [1.807, 2.05) is 18.2 Å². The summed E-state index contributed by atoms with van der Waals surface area (Å²) in [7, 11) is 1.80. The number of Topliss-reactive ketones (excluding diaryl/α,β-unsaturated/α-hetero) is 1. The van der Waals surface area contributed by atoms with Crippen LogP contribution in [0.5, 0.6) is 0 Å². The molecule has 18 heavy (non-hydrogen) atoms. The first-order valence-corrected chi connectivity index (χ1v) is 5.71. The lowest BCUT2D eigenvalue weighted by molar-refractivity contribution is 0.101. The molecular formula is C13H16N4O. The number of carbonyl (C=O) groups is 1. The molecule has 1 heterocycles. The number of carbonyl (C=O) groups excluding carboxylic acids is 1. The van der Waals surface area contributed by atoms with Crippen LogP contribution in [-0.4, -0.2) is 25.0 Å². The highest BCUT2D eigenvalue weighted by molar-refractivity contribution is 6.00. The largest absolute Gasteiger partial charge is 0.373 e. The Balaban J connectivity index is 2.29. The zero-order valence-electron chi connectivity index (χ0n) is 10.4. The second-order valence-electron chi connectivity index (χ2n) is 4.05. The Hall–Kier alpha value is -2.14. The van der Waals surface area contributed by atoms with Gasteiger partial charge < -0.3 is 10.6 Å². The van der Waals surface area contributed by atoms with Gasteiger partial charge in [-0.05, 0) is 12.5 Å². The average Bonchev–Trinajstić information content (AvgIpc) is 2.38. The molecule has 0 radical (unpaired) electrons. The highest BCUT2D eigenvalue weighted by Crippen LogP contribution is 2.15. The van der Waals surface area contributed by atoms with Crippen molar-refractivity contribution >= 4 is 17.3 Å². The molecule has 1 aromatic rings. The molecule has 1 atom stereocenters. The third-order valence-electron chi connectivity index (χ3n) is 2.72. The monoisotopic (exact) mass is 244 g/mol. The van der Waals surface area contributed by atoms with Crippen LogP contribution >= 0.6 is 0 Å². The minimum Gasteiger partial charge on any atom is -0.373 e. The summed E-state index contributed by atoms with van der Waals surface area (Å²) in [5, 5.41) is 6.04. The fourth-order valence-corrected chi connectivity index (χ4v) is 1.74. The van der Waals surface area contributed by atoms with Gasteiger partial charge in [0, 0.05) is 24.4 Å². The lowest BCUT2D eigenvalue weighted by Crippen LogP contribution is -2.40. The van der Waals surface area contributed by atoms with Crippen molar-refractivity contribution in [2.24, 2.45) is 10.7 Å². The number of hydrogen-bond acceptors (Lipinski definition) is 5. The van der Waals surface area contributed by atoms with E-state index in [0.717, 1.165) is 17.1 Å². The van der Waals surface area contributed by atoms with Crippen molar-refractivity contribution in [1.82, 2.24) is 10.6 Å². The molecule has 2 rings (SSSR count). The Bertz CT molecular complexity index is 516. The summed E-state index contributed by atoms with van der Waals surface area (Å²) in [6, 6.07) is 7.38. The molecule has 5 nitrogen and oxygen atoms in total. The minimum atomic E-state index is -0.458. The van der Waals surface area contributed by atoms with Crippen LogP contribution in [0.3, 0.4) is 0 Å². The van der Waals surface area contributed by atoms with E-state index in [4.69, 9.17) is 5.73 Å². The SMILES string of the molecule is CNC1=NC(N)NC(c2ccc(C(C)=O)cc2)=C1. The van der Waals surface area contributed by atoms with Gasteiger partial charge in [0.05, 0.1) is 0 Å². The molecule has 5 heteroatoms. The number of nitrogens with one attached hydrogen (secondary N) is 2. The van der Waals surface area contributed by atoms with Crippen LogP contribution < -0.4 is 16.4 Å². The first kappa shape index (κ1) is 12.3. The average molecular weight is 244 g/mol. The molecule has 1 unspecified atom stereocenters. The fraction of sp³-hybridized carbons (Fsp3) is 0.231. The molecular weight excluding hydrogens is 228 g/mol. The maximum absolute atomic E-state index is 11.2. The molecule has 0 saturated heterocycles. The van der Waals surface area contributed by atoms with Gasteiger partial charge in [-0.3, -0.25) is 10.5 Å². The van der Waals surface area contributed by atoms with E-state index < -0.39 is 6.29 Å². The van der Waals surface area contributed by atoms with E-state index in [-0.39, 0.29) is 5.78 Å². The third-order valence-corrected chi connectivity index (χ3v) is 2.72. The van der Waals surface area contributed by atoms with Crippen molar-refractivity contribution in [1.29, 1.82) is 0 Å². The third kappa shape index (κ3) is 2.57. The Labute approximate surface area is 106 Å². The Morgan fingerprint density at radius 2 is 2.06 bits per heavy atom. The molecule has 0 aromatic heterocycles. The van der Waals surface area contributed by atoms with E-state index in [2.05, 4.69) is 15.6 Å². The quantitative estimate of drug-likeness (QED) is 0.669. The van der Waals surface area contributed by atoms with E-state index in [9.17, 15) is 4.79 Å². The smallest absolute Gasteiger partial charge is 0.173 e. The number of nitrogens with two attached hydrogens (primary N) is 1. The minimum absolute atomic E-state index is 0.0568. The molecule has 4 N–H and O–H groups in total. The second kappa shape index (κ2) is 5.01. The van der Waals surface area contributed by atoms with Crippen LogP contribution in [0.1, 0.15) is 22.8 Å². The molecule has 0 saturated carbocycles. The predicted molar refractivity (Wildman–Crippen MR) is 72.0 cm³/mol. The summed E-state index contributed by atoms with van der Waals surface area (Å²) in [6.45, 7) is 1.55. The van der Waals surface area contributed by atoms with Crippen LogP contribution in [0.15, 0.2) is 35.3 Å². The van der Waals surface area contributed by atoms with Crippen LogP contribution in [0, 0.1) is 0 Å². The molecule has 0 amide bonds. The van der Waals surface area contributed by atoms with Crippen molar-refractivity contribution in [3.8, 4) is 0 Å². The summed E-state index contributed by atoms with van der Waals surface area (Å²) < 4.78 is 0. The molecule has 0 aliphatic carbocycles. The summed E-state index contributed by atoms with van der Waals surface area (Å²) >= 11 is 0. The first-order valence-electron chi connectivity index (χ1n) is 5.71. The van der Waals surface area contributed by atoms with Crippen LogP contribution in [0.25, 0.3) is 5.70 Å². The van der Waals surface area contributed by atoms with Gasteiger partial charge in [-0.15, -0.1) is 0 Å². The van der Waals surface area contributed by atoms with Crippen molar-refractivity contribution in [2.75, 3.05) is 7.05 Å². The van der Waals surface area contributed by atoms with E-state index in [0.29, 0.717) is 5.56 Å². The van der Waals surface area contributed by atoms with Crippen molar-refractivity contribution in [2.45, 2.75) is 13.2 Å². The van der Waals surface area contributed by atoms with Gasteiger partial charge in [-0.2, -0.15) is 0 Å². The van der Waals surface area contributed by atoms with Gasteiger partial charge in [0.25, 0.3) is 0 Å². The summed E-state index contributed by atoms with van der Waals surface area (Å²) in [6.07, 6.45) is 1.42. The Kier molecular flexibility index (Phi) is 3.43. The number of amidine groups is 1. The molecule has 1 aliphatic rings. The molecule has 0 fully saturated rings. The molecule has 1 aromatic carbocycles. The van der Waals surface area contributed by atoms with Gasteiger partial charge in [-0.1, -0.05) is 24.3 Å². The summed E-state index contributed by atoms with van der Waals surface area (Å²) in [4.78, 5) is 15.4. The first-order chi connectivity index (χ1) is 8.60.